The first kappa shape index (κ1) is 32.7. The molecule has 0 amide bonds. The third kappa shape index (κ3) is 14.6. The fourth-order valence-corrected chi connectivity index (χ4v) is 8.73. The van der Waals surface area contributed by atoms with Gasteiger partial charge in [0.05, 0.1) is 0 Å². The van der Waals surface area contributed by atoms with Crippen LogP contribution < -0.4 is 0 Å². The van der Waals surface area contributed by atoms with Crippen LogP contribution in [0.25, 0.3) is 0 Å². The summed E-state index contributed by atoms with van der Waals surface area (Å²) in [6, 6.07) is 9.06. The van der Waals surface area contributed by atoms with Crippen molar-refractivity contribution >= 4 is 71.4 Å². The Morgan fingerprint density at radius 3 is 1.17 bits per heavy atom. The van der Waals surface area contributed by atoms with E-state index in [1.807, 2.05) is 50.5 Å². The maximum absolute atomic E-state index is 5.49. The monoisotopic (exact) mass is 524 g/mol. The van der Waals surface area contributed by atoms with Crippen LogP contribution in [0.5, 0.6) is 0 Å². The zero-order chi connectivity index (χ0) is 23.4. The second kappa shape index (κ2) is 22.7. The first-order chi connectivity index (χ1) is 14.5. The van der Waals surface area contributed by atoms with Crippen molar-refractivity contribution in [3.05, 3.63) is 35.4 Å². The van der Waals surface area contributed by atoms with Crippen LogP contribution in [0.2, 0.25) is 0 Å². The summed E-state index contributed by atoms with van der Waals surface area (Å²) in [5.41, 5.74) is 2.80. The quantitative estimate of drug-likeness (QED) is 0.222. The molecule has 0 bridgehead atoms. The third-order valence-corrected chi connectivity index (χ3v) is 11.0. The highest BCUT2D eigenvalue weighted by Gasteiger charge is 2.07. The normalized spacial score (nSPS) is 10.4. The summed E-state index contributed by atoms with van der Waals surface area (Å²) in [5, 5.41) is 0. The van der Waals surface area contributed by atoms with Gasteiger partial charge in [-0.3, -0.25) is 0 Å². The van der Waals surface area contributed by atoms with Crippen molar-refractivity contribution in [2.24, 2.45) is 0 Å². The summed E-state index contributed by atoms with van der Waals surface area (Å²) in [6.07, 6.45) is 2.19. The molecule has 0 aliphatic heterocycles. The van der Waals surface area contributed by atoms with Gasteiger partial charge in [-0.2, -0.15) is 0 Å². The molecule has 30 heavy (non-hydrogen) atoms. The van der Waals surface area contributed by atoms with Crippen LogP contribution >= 0.6 is 62.8 Å². The summed E-state index contributed by atoms with van der Waals surface area (Å²) in [7, 11) is 1.58. The van der Waals surface area contributed by atoms with Gasteiger partial charge in [-0.25, -0.2) is 0 Å². The van der Waals surface area contributed by atoms with Crippen LogP contribution in [0, 0.1) is 0 Å². The molecule has 0 heterocycles. The molecule has 0 fully saturated rings. The average Bonchev–Trinajstić information content (AvgIpc) is 2.79. The van der Waals surface area contributed by atoms with Crippen LogP contribution in [-0.2, 0) is 12.3 Å². The molecule has 174 valence electrons. The zero-order valence-corrected chi connectivity index (χ0v) is 25.3. The minimum Gasteiger partial charge on any atom is -0.358 e. The molecular formula is C22H42N2P2S4. The molecule has 0 N–H and O–H groups in total. The molecule has 0 aliphatic carbocycles. The number of nitrogens with zero attached hydrogens (tertiary/aromatic N) is 2. The summed E-state index contributed by atoms with van der Waals surface area (Å²) >= 11 is 14.6. The number of hydrogen-bond acceptors (Lipinski definition) is 4. The summed E-state index contributed by atoms with van der Waals surface area (Å²) in [5.74, 6) is 0. The molecule has 1 rings (SSSR count). The lowest BCUT2D eigenvalue weighted by atomic mass is 10.2. The standard InChI is InChI=1S/C18H30N2P2S4.2C2H6/c1-5-19(6-2)17(23)25-21-13-15-9-11-16(12-10-15)14-22-26-18(24)20(7-3)8-4;2*1-2/h9-12,21-22H,5-8,13-14H2,1-4H3;2*1-2H3. The average molecular weight is 525 g/mol. The predicted molar refractivity (Wildman–Crippen MR) is 159 cm³/mol. The van der Waals surface area contributed by atoms with Gasteiger partial charge in [0.25, 0.3) is 0 Å². The fraction of sp³-hybridized carbons (Fsp3) is 0.636. The second-order valence-electron chi connectivity index (χ2n) is 5.54. The smallest absolute Gasteiger partial charge is 0.140 e. The second-order valence-corrected chi connectivity index (χ2v) is 12.3. The van der Waals surface area contributed by atoms with E-state index in [1.165, 1.54) is 11.1 Å². The van der Waals surface area contributed by atoms with Gasteiger partial charge in [0.2, 0.25) is 0 Å². The van der Waals surface area contributed by atoms with E-state index in [0.29, 0.717) is 0 Å². The Hall–Kier alpha value is 0.560. The van der Waals surface area contributed by atoms with Gasteiger partial charge in [0.15, 0.2) is 0 Å². The fourth-order valence-electron chi connectivity index (χ4n) is 2.23. The van der Waals surface area contributed by atoms with Crippen LogP contribution in [0.15, 0.2) is 24.3 Å². The molecule has 0 aromatic heterocycles. The Balaban J connectivity index is 0. The summed E-state index contributed by atoms with van der Waals surface area (Å²) in [6.45, 7) is 20.6. The molecule has 0 saturated carbocycles. The van der Waals surface area contributed by atoms with Crippen molar-refractivity contribution in [3.63, 3.8) is 0 Å². The molecule has 2 unspecified atom stereocenters. The SMILES string of the molecule is CC.CC.CCN(CC)C(=S)SPCc1ccc(CPSC(=S)N(CC)CC)cc1. The Morgan fingerprint density at radius 2 is 0.933 bits per heavy atom. The van der Waals surface area contributed by atoms with Gasteiger partial charge >= 0.3 is 0 Å². The molecule has 1 aromatic rings. The van der Waals surface area contributed by atoms with Crippen molar-refractivity contribution in [1.29, 1.82) is 0 Å². The summed E-state index contributed by atoms with van der Waals surface area (Å²) in [4.78, 5) is 4.49. The van der Waals surface area contributed by atoms with E-state index in [9.17, 15) is 0 Å². The van der Waals surface area contributed by atoms with Crippen molar-refractivity contribution in [3.8, 4) is 0 Å². The molecule has 0 saturated heterocycles. The highest BCUT2D eigenvalue weighted by atomic mass is 32.7. The molecule has 2 nitrogen and oxygen atoms in total. The Morgan fingerprint density at radius 1 is 0.667 bits per heavy atom. The molecular weight excluding hydrogens is 482 g/mol. The van der Waals surface area contributed by atoms with E-state index >= 15 is 0 Å². The number of benzene rings is 1. The van der Waals surface area contributed by atoms with E-state index in [0.717, 1.165) is 62.7 Å². The molecule has 0 radical (unpaired) electrons. The predicted octanol–water partition coefficient (Wildman–Crippen LogP) is 8.65. The number of hydrogen-bond donors (Lipinski definition) is 0. The first-order valence-electron chi connectivity index (χ1n) is 11.0. The molecule has 0 aliphatic rings. The van der Waals surface area contributed by atoms with Crippen LogP contribution in [0.1, 0.15) is 66.5 Å². The molecule has 2 atom stereocenters. The lowest BCUT2D eigenvalue weighted by Crippen LogP contribution is -2.25. The van der Waals surface area contributed by atoms with E-state index < -0.39 is 0 Å². The van der Waals surface area contributed by atoms with E-state index in [4.69, 9.17) is 24.4 Å². The van der Waals surface area contributed by atoms with Crippen molar-refractivity contribution in [2.45, 2.75) is 67.7 Å². The maximum atomic E-state index is 5.49. The topological polar surface area (TPSA) is 6.48 Å². The van der Waals surface area contributed by atoms with Gasteiger partial charge in [0.1, 0.15) is 8.64 Å². The number of rotatable bonds is 10. The van der Waals surface area contributed by atoms with E-state index in [-0.39, 0.29) is 0 Å². The Labute approximate surface area is 209 Å². The van der Waals surface area contributed by atoms with Crippen molar-refractivity contribution < 1.29 is 0 Å². The van der Waals surface area contributed by atoms with Crippen molar-refractivity contribution in [1.82, 2.24) is 9.80 Å². The lowest BCUT2D eigenvalue weighted by Gasteiger charge is -2.20. The molecule has 0 spiro atoms. The highest BCUT2D eigenvalue weighted by Crippen LogP contribution is 2.37. The lowest BCUT2D eigenvalue weighted by molar-refractivity contribution is 0.482. The Bertz CT molecular complexity index is 500. The molecule has 1 aromatic carbocycles. The Kier molecular flexibility index (Phi) is 24.8. The largest absolute Gasteiger partial charge is 0.358 e. The first-order valence-corrected chi connectivity index (χ1v) is 17.3. The van der Waals surface area contributed by atoms with Gasteiger partial charge in [-0.15, -0.1) is 0 Å². The van der Waals surface area contributed by atoms with Crippen molar-refractivity contribution in [2.75, 3.05) is 26.2 Å². The van der Waals surface area contributed by atoms with Crippen LogP contribution in [0.4, 0.5) is 0 Å². The minimum atomic E-state index is 0.789. The summed E-state index contributed by atoms with van der Waals surface area (Å²) < 4.78 is 2.07. The van der Waals surface area contributed by atoms with Gasteiger partial charge in [0, 0.05) is 26.2 Å². The van der Waals surface area contributed by atoms with Crippen LogP contribution in [-0.4, -0.2) is 44.6 Å². The van der Waals surface area contributed by atoms with Gasteiger partial charge in [-0.05, 0) is 66.7 Å². The third-order valence-electron chi connectivity index (χ3n) is 3.94. The highest BCUT2D eigenvalue weighted by molar-refractivity contribution is 8.60. The molecule has 8 heteroatoms. The maximum Gasteiger partial charge on any atom is 0.140 e. The zero-order valence-electron chi connectivity index (χ0n) is 20.1. The number of thiocarbonyl (C=S) groups is 2. The van der Waals surface area contributed by atoms with Crippen LogP contribution in [0.3, 0.4) is 0 Å². The van der Waals surface area contributed by atoms with Gasteiger partial charge in [-0.1, -0.05) is 99.2 Å². The van der Waals surface area contributed by atoms with Gasteiger partial charge < -0.3 is 9.80 Å². The minimum absolute atomic E-state index is 0.789. The van der Waals surface area contributed by atoms with E-state index in [1.54, 1.807) is 0 Å². The van der Waals surface area contributed by atoms with E-state index in [2.05, 4.69) is 61.8 Å².